The Bertz CT molecular complexity index is 173. The summed E-state index contributed by atoms with van der Waals surface area (Å²) in [5, 5.41) is 0. The first kappa shape index (κ1) is 319. The molecule has 0 amide bonds. The van der Waals surface area contributed by atoms with Crippen molar-refractivity contribution in [2.45, 2.75) is 0 Å². The van der Waals surface area contributed by atoms with E-state index in [2.05, 4.69) is 0 Å². The second kappa shape index (κ2) is 1140. The Kier molecular flexibility index (Phi) is 13000. The molecule has 0 N–H and O–H groups in total. The van der Waals surface area contributed by atoms with Crippen molar-refractivity contribution in [3.63, 3.8) is 0 Å². The maximum atomic E-state index is 6.75. The van der Waals surface area contributed by atoms with Crippen LogP contribution in [0.5, 0.6) is 0 Å². The first-order chi connectivity index (χ1) is 5.66. The summed E-state index contributed by atoms with van der Waals surface area (Å²) in [6, 6.07) is 0. The molecule has 0 saturated heterocycles. The predicted molar refractivity (Wildman–Crippen MR) is 117 cm³/mol. The molecule has 12 nitrogen and oxygen atoms in total. The second-order valence-corrected chi connectivity index (χ2v) is 0.358. The van der Waals surface area contributed by atoms with Crippen molar-refractivity contribution in [1.82, 2.24) is 0 Å². The third kappa shape index (κ3) is 356000000. The molecule has 28 heavy (non-hydrogen) atoms. The van der Waals surface area contributed by atoms with E-state index in [9.17, 15) is 0 Å². The van der Waals surface area contributed by atoms with Crippen LogP contribution in [0.4, 0.5) is 0 Å². The van der Waals surface area contributed by atoms with Gasteiger partial charge >= 0.3 is 21.1 Å². The summed E-state index contributed by atoms with van der Waals surface area (Å²) in [5.74, 6) is 0. The fourth-order valence-electron chi connectivity index (χ4n) is 0. The second-order valence-electron chi connectivity index (χ2n) is 0.358. The molecule has 0 aromatic carbocycles. The van der Waals surface area contributed by atoms with Gasteiger partial charge in [-0.3, -0.25) is 19.6 Å². The molecule has 0 aromatic heterocycles. The van der Waals surface area contributed by atoms with Crippen molar-refractivity contribution in [3.8, 4) is 0 Å². The molecular formula is C12H36N12Pt4-12. The van der Waals surface area contributed by atoms with Gasteiger partial charge in [0.25, 0.3) is 0 Å². The largest absolute Gasteiger partial charge is 4.00 e. The van der Waals surface area contributed by atoms with Crippen LogP contribution >= 0.6 is 0 Å². The summed E-state index contributed by atoms with van der Waals surface area (Å²) in [5.41, 5.74) is 54.0. The minimum absolute atomic E-state index is 0. The monoisotopic (exact) mass is 1130 g/mol. The topological polar surface area (TPSA) is 235 Å². The maximum Gasteiger partial charge on any atom is 4.00 e. The Labute approximate surface area is 235 Å². The first-order valence-corrected chi connectivity index (χ1v) is 1.60. The molecular weight excluding hydrogens is 1090 g/mol. The van der Waals surface area contributed by atoms with E-state index >= 15 is 0 Å². The minimum atomic E-state index is 0. The van der Waals surface area contributed by atoms with Gasteiger partial charge < -0.3 is 133 Å². The van der Waals surface area contributed by atoms with Crippen LogP contribution in [0.2, 0.25) is 0 Å². The van der Waals surface area contributed by atoms with Gasteiger partial charge in [-0.25, -0.2) is 0 Å². The number of hydrogen-bond donors (Lipinski definition) is 0. The fourth-order valence-corrected chi connectivity index (χ4v) is 0. The molecule has 0 bridgehead atoms. The van der Waals surface area contributed by atoms with Crippen LogP contribution in [0.15, 0.2) is 0 Å². The Balaban J connectivity index is -0.00000000142. The van der Waals surface area contributed by atoms with Crippen LogP contribution in [-0.2, 0) is 84.3 Å². The van der Waals surface area contributed by atoms with E-state index in [1.54, 1.807) is 0 Å². The predicted octanol–water partition coefficient (Wildman–Crippen LogP) is 8.86. The molecule has 0 aliphatic carbocycles. The van der Waals surface area contributed by atoms with Gasteiger partial charge in [0.2, 0.25) is 0 Å². The molecule has 0 spiro atoms. The van der Waals surface area contributed by atoms with Crippen molar-refractivity contribution >= 4 is 0 Å². The van der Waals surface area contributed by atoms with Gasteiger partial charge in [-0.1, -0.05) is 0 Å². The summed E-state index contributed by atoms with van der Waals surface area (Å²) >= 11 is 0. The molecule has 0 radical (unpaired) electrons. The fraction of sp³-hybridized carbons (Fsp3) is 0. The molecule has 0 unspecified atom stereocenters. The molecule has 0 heterocycles. The molecule has 0 saturated carbocycles. The molecule has 0 fully saturated rings. The zero-order valence-electron chi connectivity index (χ0n) is 18.6. The van der Waals surface area contributed by atoms with Gasteiger partial charge in [-0.05, 0) is 0 Å². The zero-order chi connectivity index (χ0) is 10.8. The van der Waals surface area contributed by atoms with Crippen molar-refractivity contribution in [1.29, 1.82) is 0 Å². The van der Waals surface area contributed by atoms with Crippen molar-refractivity contribution in [2.75, 3.05) is 0 Å². The Morgan fingerprint density at radius 1 is 0.250 bits per heavy atom. The average molecular weight is 1130 g/mol. The smallest absolute Gasteiger partial charge is 0.373 e. The van der Waals surface area contributed by atoms with Crippen LogP contribution in [0.25, 0.3) is 63.9 Å². The van der Waals surface area contributed by atoms with Crippen LogP contribution in [0, 0.1) is 89.1 Å². The number of rotatable bonds is 0. The van der Waals surface area contributed by atoms with E-state index in [-0.39, 0.29) is 173 Å². The SMILES string of the molecule is [CH3-].[CH3-].[CH3-].[CH3-].[CH3-].[CH3-].[CH3-].[CH3-].[CH3-].[CH3-].[CH3-].[CH3-].[N-]=[N+]=[N-].[N-]=[N+]=[N-].[N-]=[N+]=[N-].[N-]=[N+]=[N-].[Pt+4].[Pt].[Pt].[Pt]. The Morgan fingerprint density at radius 2 is 0.250 bits per heavy atom. The summed E-state index contributed by atoms with van der Waals surface area (Å²) in [6.07, 6.45) is 0. The molecule has 196 valence electrons. The van der Waals surface area contributed by atoms with Crippen LogP contribution in [0.1, 0.15) is 0 Å². The average Bonchev–Trinajstić information content (AvgIpc) is 1.92. The summed E-state index contributed by atoms with van der Waals surface area (Å²) in [7, 11) is 0. The Morgan fingerprint density at radius 3 is 0.250 bits per heavy atom. The molecule has 16 heteroatoms. The van der Waals surface area contributed by atoms with E-state index in [1.807, 2.05) is 0 Å². The van der Waals surface area contributed by atoms with E-state index < -0.39 is 0 Å². The summed E-state index contributed by atoms with van der Waals surface area (Å²) in [4.78, 5) is 6.00. The molecule has 0 aliphatic rings. The van der Waals surface area contributed by atoms with Gasteiger partial charge in [0.15, 0.2) is 0 Å². The molecule has 0 aliphatic heterocycles. The van der Waals surface area contributed by atoms with Gasteiger partial charge in [0.1, 0.15) is 0 Å². The summed E-state index contributed by atoms with van der Waals surface area (Å²) < 4.78 is 0. The maximum absolute atomic E-state index is 6.75. The van der Waals surface area contributed by atoms with E-state index in [1.165, 1.54) is 19.6 Å². The minimum Gasteiger partial charge on any atom is -0.373 e. The van der Waals surface area contributed by atoms with Crippen LogP contribution in [-0.4, -0.2) is 0 Å². The standard InChI is InChI=1S/12CH3.4N3.4Pt/c;;;;;;;;;;;;4*1-3-2;;;;/h12*1H3;;;;;;;;/q16*-1;;;;+4. The van der Waals surface area contributed by atoms with Gasteiger partial charge in [0.05, 0.1) is 0 Å². The quantitative estimate of drug-likeness (QED) is 0.0957. The van der Waals surface area contributed by atoms with E-state index in [0.29, 0.717) is 0 Å². The number of nitrogens with zero attached hydrogens (tertiary/aromatic N) is 12. The Hall–Kier alpha value is -0.00675. The molecule has 0 rings (SSSR count). The summed E-state index contributed by atoms with van der Waals surface area (Å²) in [6.45, 7) is 0. The van der Waals surface area contributed by atoms with Crippen LogP contribution < -0.4 is 0 Å². The van der Waals surface area contributed by atoms with Gasteiger partial charge in [-0.15, -0.1) is 0 Å². The zero-order valence-corrected chi connectivity index (χ0v) is 27.7. The van der Waals surface area contributed by atoms with Gasteiger partial charge in [0, 0.05) is 63.2 Å². The third-order valence-electron chi connectivity index (χ3n) is 0. The molecule has 0 atom stereocenters. The first-order valence-electron chi connectivity index (χ1n) is 1.60. The third-order valence-corrected chi connectivity index (χ3v) is 0. The van der Waals surface area contributed by atoms with Crippen LogP contribution in [0.3, 0.4) is 0 Å². The van der Waals surface area contributed by atoms with Crippen molar-refractivity contribution in [2.24, 2.45) is 0 Å². The van der Waals surface area contributed by atoms with Crippen molar-refractivity contribution < 1.29 is 84.3 Å². The molecule has 0 aromatic rings. The normalized spacial score (nSPS) is 1.14. The van der Waals surface area contributed by atoms with Gasteiger partial charge in [-0.2, -0.15) is 0 Å². The van der Waals surface area contributed by atoms with E-state index in [4.69, 9.17) is 44.2 Å². The van der Waals surface area contributed by atoms with Crippen molar-refractivity contribution in [3.05, 3.63) is 153 Å². The number of hydrogen-bond acceptors (Lipinski definition) is 0. The van der Waals surface area contributed by atoms with E-state index in [0.717, 1.165) is 0 Å².